The third kappa shape index (κ3) is 6.09. The van der Waals surface area contributed by atoms with E-state index >= 15 is 0 Å². The number of para-hydroxylation sites is 2. The van der Waals surface area contributed by atoms with Crippen LogP contribution in [0.3, 0.4) is 0 Å². The highest BCUT2D eigenvalue weighted by molar-refractivity contribution is 7.26. The molecule has 9 aromatic carbocycles. The van der Waals surface area contributed by atoms with Gasteiger partial charge in [0.2, 0.25) is 0 Å². The van der Waals surface area contributed by atoms with Crippen LogP contribution in [0.1, 0.15) is 0 Å². The second-order valence-electron chi connectivity index (χ2n) is 15.6. The van der Waals surface area contributed by atoms with E-state index in [4.69, 9.17) is 15.0 Å². The van der Waals surface area contributed by atoms with E-state index in [0.29, 0.717) is 17.5 Å². The summed E-state index contributed by atoms with van der Waals surface area (Å²) in [5, 5.41) is 4.97. The highest BCUT2D eigenvalue weighted by Gasteiger charge is 2.23. The summed E-state index contributed by atoms with van der Waals surface area (Å²) in [5.74, 6) is 1.84. The van der Waals surface area contributed by atoms with Crippen LogP contribution in [0.4, 0.5) is 0 Å². The molecule has 62 heavy (non-hydrogen) atoms. The summed E-state index contributed by atoms with van der Waals surface area (Å²) in [6, 6.07) is 77.5. The summed E-state index contributed by atoms with van der Waals surface area (Å²) in [6.45, 7) is 0. The minimum absolute atomic E-state index is 0.603. The quantitative estimate of drug-likeness (QED) is 0.161. The molecule has 0 amide bonds. The molecule has 12 rings (SSSR count). The zero-order chi connectivity index (χ0) is 41.0. The third-order valence-electron chi connectivity index (χ3n) is 11.9. The van der Waals surface area contributed by atoms with Gasteiger partial charge < -0.3 is 4.57 Å². The number of hydrogen-bond acceptors (Lipinski definition) is 4. The zero-order valence-electron chi connectivity index (χ0n) is 33.5. The van der Waals surface area contributed by atoms with E-state index < -0.39 is 0 Å². The monoisotopic (exact) mass is 808 g/mol. The fraction of sp³-hybridized carbons (Fsp3) is 0. The predicted molar refractivity (Wildman–Crippen MR) is 260 cm³/mol. The van der Waals surface area contributed by atoms with Crippen LogP contribution >= 0.6 is 11.3 Å². The van der Waals surface area contributed by atoms with Crippen molar-refractivity contribution in [3.05, 3.63) is 218 Å². The van der Waals surface area contributed by atoms with Crippen LogP contribution in [-0.2, 0) is 0 Å². The lowest BCUT2D eigenvalue weighted by Crippen LogP contribution is -2.04. The Labute approximate surface area is 362 Å². The van der Waals surface area contributed by atoms with Crippen LogP contribution in [0, 0.1) is 0 Å². The first-order valence-corrected chi connectivity index (χ1v) is 21.7. The average Bonchev–Trinajstić information content (AvgIpc) is 3.90. The molecule has 0 aliphatic carbocycles. The average molecular weight is 809 g/mol. The number of hydrogen-bond donors (Lipinski definition) is 0. The molecule has 0 saturated carbocycles. The highest BCUT2D eigenvalue weighted by Crippen LogP contribution is 2.44. The molecule has 0 unspecified atom stereocenters. The number of benzene rings is 9. The van der Waals surface area contributed by atoms with Crippen molar-refractivity contribution < 1.29 is 0 Å². The lowest BCUT2D eigenvalue weighted by Gasteiger charge is -2.20. The van der Waals surface area contributed by atoms with Crippen molar-refractivity contribution in [1.29, 1.82) is 0 Å². The van der Waals surface area contributed by atoms with Gasteiger partial charge >= 0.3 is 0 Å². The van der Waals surface area contributed by atoms with Gasteiger partial charge in [-0.3, -0.25) is 0 Å². The van der Waals surface area contributed by atoms with Crippen LogP contribution < -0.4 is 0 Å². The molecule has 0 aliphatic heterocycles. The summed E-state index contributed by atoms with van der Waals surface area (Å²) in [7, 11) is 0. The highest BCUT2D eigenvalue weighted by atomic mass is 32.1. The van der Waals surface area contributed by atoms with Crippen molar-refractivity contribution in [3.8, 4) is 73.2 Å². The number of nitrogens with zero attached hydrogens (tertiary/aromatic N) is 4. The molecule has 0 fully saturated rings. The molecule has 3 aromatic heterocycles. The van der Waals surface area contributed by atoms with Gasteiger partial charge in [0.1, 0.15) is 0 Å². The van der Waals surface area contributed by atoms with Crippen molar-refractivity contribution in [2.75, 3.05) is 0 Å². The van der Waals surface area contributed by atoms with E-state index in [1.54, 1.807) is 0 Å². The molecular weight excluding hydrogens is 773 g/mol. The van der Waals surface area contributed by atoms with Gasteiger partial charge in [0.05, 0.1) is 16.7 Å². The maximum atomic E-state index is 5.44. The number of fused-ring (bicyclic) bond motifs is 6. The van der Waals surface area contributed by atoms with Crippen molar-refractivity contribution in [1.82, 2.24) is 19.5 Å². The van der Waals surface area contributed by atoms with Gasteiger partial charge in [-0.1, -0.05) is 182 Å². The second kappa shape index (κ2) is 14.9. The fourth-order valence-electron chi connectivity index (χ4n) is 8.99. The van der Waals surface area contributed by atoms with Crippen molar-refractivity contribution in [2.45, 2.75) is 0 Å². The Morgan fingerprint density at radius 2 is 0.806 bits per heavy atom. The SMILES string of the molecule is c1ccc(-c2nc(-c3cccc(-c4cccc5c4sc4ccccc45)c3)nc(-c3cc(-n4c5ccccc5c5ccccc54)c(-c4ccccc4)cc3-c3ccccc3)n2)cc1. The molecule has 0 spiro atoms. The van der Waals surface area contributed by atoms with Crippen LogP contribution in [0.5, 0.6) is 0 Å². The molecule has 0 saturated heterocycles. The van der Waals surface area contributed by atoms with E-state index in [1.807, 2.05) is 29.5 Å². The molecule has 0 bridgehead atoms. The first kappa shape index (κ1) is 35.9. The molecule has 0 radical (unpaired) electrons. The Hall–Kier alpha value is -7.99. The molecule has 0 N–H and O–H groups in total. The topological polar surface area (TPSA) is 43.6 Å². The van der Waals surface area contributed by atoms with Crippen LogP contribution in [0.25, 0.3) is 115 Å². The van der Waals surface area contributed by atoms with Crippen LogP contribution in [0.2, 0.25) is 0 Å². The number of aromatic nitrogens is 4. The minimum Gasteiger partial charge on any atom is -0.309 e. The molecule has 5 heteroatoms. The maximum Gasteiger partial charge on any atom is 0.164 e. The first-order valence-electron chi connectivity index (χ1n) is 20.9. The van der Waals surface area contributed by atoms with Gasteiger partial charge in [0, 0.05) is 53.2 Å². The summed E-state index contributed by atoms with van der Waals surface area (Å²) < 4.78 is 4.97. The Bertz CT molecular complexity index is 3580. The molecule has 4 nitrogen and oxygen atoms in total. The van der Waals surface area contributed by atoms with Crippen LogP contribution in [0.15, 0.2) is 218 Å². The Balaban J connectivity index is 1.13. The molecule has 0 aliphatic rings. The van der Waals surface area contributed by atoms with E-state index in [0.717, 1.165) is 61.2 Å². The van der Waals surface area contributed by atoms with E-state index in [1.165, 1.54) is 36.5 Å². The summed E-state index contributed by atoms with van der Waals surface area (Å²) in [4.78, 5) is 16.0. The maximum absolute atomic E-state index is 5.44. The van der Waals surface area contributed by atoms with Gasteiger partial charge in [-0.2, -0.15) is 0 Å². The van der Waals surface area contributed by atoms with E-state index in [9.17, 15) is 0 Å². The lowest BCUT2D eigenvalue weighted by molar-refractivity contribution is 1.07. The lowest BCUT2D eigenvalue weighted by atomic mass is 9.92. The Morgan fingerprint density at radius 1 is 0.306 bits per heavy atom. The second-order valence-corrected chi connectivity index (χ2v) is 16.6. The van der Waals surface area contributed by atoms with Crippen molar-refractivity contribution in [3.63, 3.8) is 0 Å². The largest absolute Gasteiger partial charge is 0.309 e. The summed E-state index contributed by atoms with van der Waals surface area (Å²) in [6.07, 6.45) is 0. The molecular formula is C57H36N4S. The van der Waals surface area contributed by atoms with Crippen molar-refractivity contribution in [2.24, 2.45) is 0 Å². The summed E-state index contributed by atoms with van der Waals surface area (Å²) >= 11 is 1.84. The van der Waals surface area contributed by atoms with Gasteiger partial charge in [0.15, 0.2) is 17.5 Å². The van der Waals surface area contributed by atoms with E-state index in [2.05, 4.69) is 205 Å². The van der Waals surface area contributed by atoms with Gasteiger partial charge in [-0.15, -0.1) is 11.3 Å². The minimum atomic E-state index is 0.603. The fourth-order valence-corrected chi connectivity index (χ4v) is 10.2. The number of rotatable bonds is 7. The van der Waals surface area contributed by atoms with Gasteiger partial charge in [-0.05, 0) is 64.2 Å². The molecule has 3 heterocycles. The van der Waals surface area contributed by atoms with Gasteiger partial charge in [-0.25, -0.2) is 15.0 Å². The molecule has 0 atom stereocenters. The first-order chi connectivity index (χ1) is 30.7. The Kier molecular flexibility index (Phi) is 8.65. The number of thiophene rings is 1. The molecule has 290 valence electrons. The Morgan fingerprint density at radius 3 is 1.50 bits per heavy atom. The normalized spacial score (nSPS) is 11.5. The van der Waals surface area contributed by atoms with E-state index in [-0.39, 0.29) is 0 Å². The smallest absolute Gasteiger partial charge is 0.164 e. The summed E-state index contributed by atoms with van der Waals surface area (Å²) in [5.41, 5.74) is 12.7. The van der Waals surface area contributed by atoms with Gasteiger partial charge in [0.25, 0.3) is 0 Å². The van der Waals surface area contributed by atoms with Crippen molar-refractivity contribution >= 4 is 53.3 Å². The standard InChI is InChI=1S/C57H36N4S/c1-4-18-37(19-5-1)47-35-48(38-20-6-2-7-21-38)52(61-50-31-13-10-26-43(50)44-27-11-14-32-51(44)61)36-49(47)57-59-55(39-22-8-3-9-23-39)58-56(60-57)41-25-16-24-40(34-41)42-29-17-30-46-45-28-12-15-33-53(45)62-54(42)46/h1-36H. The third-order valence-corrected chi connectivity index (χ3v) is 13.1. The van der Waals surface area contributed by atoms with Crippen LogP contribution in [-0.4, -0.2) is 19.5 Å². The zero-order valence-corrected chi connectivity index (χ0v) is 34.3. The predicted octanol–water partition coefficient (Wildman–Crippen LogP) is 15.3. The molecule has 12 aromatic rings.